The van der Waals surface area contributed by atoms with Crippen LogP contribution in [0, 0.1) is 0 Å². The molecule has 84 valence electrons. The van der Waals surface area contributed by atoms with Gasteiger partial charge in [-0.15, -0.1) is 0 Å². The minimum absolute atomic E-state index is 0.00421. The summed E-state index contributed by atoms with van der Waals surface area (Å²) in [6.45, 7) is 0.00421. The average molecular weight is 220 g/mol. The first-order chi connectivity index (χ1) is 7.83. The number of aliphatic hydroxyl groups is 1. The predicted molar refractivity (Wildman–Crippen MR) is 57.1 cm³/mol. The van der Waals surface area contributed by atoms with E-state index < -0.39 is 0 Å². The molecule has 2 aromatic rings. The van der Waals surface area contributed by atoms with Crippen molar-refractivity contribution >= 4 is 0 Å². The van der Waals surface area contributed by atoms with Gasteiger partial charge in [-0.1, -0.05) is 5.16 Å². The third-order valence-corrected chi connectivity index (χ3v) is 2.14. The van der Waals surface area contributed by atoms with Crippen molar-refractivity contribution in [3.05, 3.63) is 30.2 Å². The van der Waals surface area contributed by atoms with Gasteiger partial charge in [-0.25, -0.2) is 0 Å². The zero-order valence-corrected chi connectivity index (χ0v) is 8.88. The summed E-state index contributed by atoms with van der Waals surface area (Å²) in [5.74, 6) is 1.74. The quantitative estimate of drug-likeness (QED) is 0.840. The highest BCUT2D eigenvalue weighted by atomic mass is 16.5. The highest BCUT2D eigenvalue weighted by Crippen LogP contribution is 2.19. The second-order valence-corrected chi connectivity index (χ2v) is 3.21. The van der Waals surface area contributed by atoms with Gasteiger partial charge in [-0.2, -0.15) is 4.98 Å². The van der Waals surface area contributed by atoms with Crippen LogP contribution in [0.1, 0.15) is 5.89 Å². The standard InChI is InChI=1S/C11H12N2O3/c1-15-9-4-2-8(3-5-9)11-12-10(6-7-14)16-13-11/h2-5,14H,6-7H2,1H3. The molecule has 2 rings (SSSR count). The minimum Gasteiger partial charge on any atom is -0.497 e. The normalized spacial score (nSPS) is 10.4. The van der Waals surface area contributed by atoms with E-state index >= 15 is 0 Å². The molecule has 0 saturated carbocycles. The highest BCUT2D eigenvalue weighted by molar-refractivity contribution is 5.55. The van der Waals surface area contributed by atoms with Crippen LogP contribution in [0.15, 0.2) is 28.8 Å². The van der Waals surface area contributed by atoms with Crippen LogP contribution >= 0.6 is 0 Å². The number of rotatable bonds is 4. The first-order valence-corrected chi connectivity index (χ1v) is 4.91. The van der Waals surface area contributed by atoms with E-state index in [-0.39, 0.29) is 6.61 Å². The van der Waals surface area contributed by atoms with Crippen molar-refractivity contribution in [1.82, 2.24) is 10.1 Å². The third kappa shape index (κ3) is 2.20. The molecule has 5 nitrogen and oxygen atoms in total. The summed E-state index contributed by atoms with van der Waals surface area (Å²) in [7, 11) is 1.61. The Hall–Kier alpha value is -1.88. The van der Waals surface area contributed by atoms with E-state index in [0.717, 1.165) is 11.3 Å². The first kappa shape index (κ1) is 10.6. The summed E-state index contributed by atoms with van der Waals surface area (Å²) >= 11 is 0. The molecule has 1 aromatic heterocycles. The summed E-state index contributed by atoms with van der Waals surface area (Å²) in [6.07, 6.45) is 0.378. The van der Waals surface area contributed by atoms with Crippen molar-refractivity contribution < 1.29 is 14.4 Å². The van der Waals surface area contributed by atoms with Gasteiger partial charge >= 0.3 is 0 Å². The molecule has 16 heavy (non-hydrogen) atoms. The van der Waals surface area contributed by atoms with Crippen LogP contribution in [0.25, 0.3) is 11.4 Å². The molecule has 0 saturated heterocycles. The van der Waals surface area contributed by atoms with Crippen LogP contribution in [-0.4, -0.2) is 29.0 Å². The van der Waals surface area contributed by atoms with Gasteiger partial charge in [0.25, 0.3) is 0 Å². The second kappa shape index (κ2) is 4.76. The Bertz CT molecular complexity index is 451. The Morgan fingerprint density at radius 1 is 1.31 bits per heavy atom. The molecule has 0 amide bonds. The summed E-state index contributed by atoms with van der Waals surface area (Å²) in [6, 6.07) is 7.37. The fourth-order valence-corrected chi connectivity index (χ4v) is 1.31. The van der Waals surface area contributed by atoms with Crippen LogP contribution in [0.2, 0.25) is 0 Å². The van der Waals surface area contributed by atoms with Crippen LogP contribution in [-0.2, 0) is 6.42 Å². The van der Waals surface area contributed by atoms with Crippen molar-refractivity contribution in [3.63, 3.8) is 0 Å². The fourth-order valence-electron chi connectivity index (χ4n) is 1.31. The Morgan fingerprint density at radius 3 is 2.69 bits per heavy atom. The molecule has 0 atom stereocenters. The van der Waals surface area contributed by atoms with Crippen LogP contribution in [0.3, 0.4) is 0 Å². The molecule has 0 aliphatic carbocycles. The summed E-state index contributed by atoms with van der Waals surface area (Å²) in [5.41, 5.74) is 0.855. The molecule has 0 spiro atoms. The second-order valence-electron chi connectivity index (χ2n) is 3.21. The van der Waals surface area contributed by atoms with Gasteiger partial charge in [0.05, 0.1) is 20.1 Å². The molecule has 1 heterocycles. The van der Waals surface area contributed by atoms with Gasteiger partial charge in [0.2, 0.25) is 11.7 Å². The van der Waals surface area contributed by atoms with Gasteiger partial charge in [0.15, 0.2) is 0 Å². The number of benzene rings is 1. The van der Waals surface area contributed by atoms with Crippen LogP contribution in [0.4, 0.5) is 0 Å². The first-order valence-electron chi connectivity index (χ1n) is 4.91. The zero-order chi connectivity index (χ0) is 11.4. The number of nitrogens with zero attached hydrogens (tertiary/aromatic N) is 2. The Morgan fingerprint density at radius 2 is 2.06 bits per heavy atom. The molecule has 5 heteroatoms. The number of methoxy groups -OCH3 is 1. The lowest BCUT2D eigenvalue weighted by Crippen LogP contribution is -1.90. The highest BCUT2D eigenvalue weighted by Gasteiger charge is 2.07. The monoisotopic (exact) mass is 220 g/mol. The molecule has 0 fully saturated rings. The molecular weight excluding hydrogens is 208 g/mol. The van der Waals surface area contributed by atoms with E-state index in [1.165, 1.54) is 0 Å². The smallest absolute Gasteiger partial charge is 0.229 e. The molecule has 1 aromatic carbocycles. The number of aliphatic hydroxyl groups excluding tert-OH is 1. The number of aromatic nitrogens is 2. The average Bonchev–Trinajstić information content (AvgIpc) is 2.78. The largest absolute Gasteiger partial charge is 0.497 e. The molecular formula is C11H12N2O3. The number of ether oxygens (including phenoxy) is 1. The summed E-state index contributed by atoms with van der Waals surface area (Å²) in [4.78, 5) is 4.15. The topological polar surface area (TPSA) is 68.4 Å². The molecule has 0 radical (unpaired) electrons. The molecule has 0 aliphatic heterocycles. The molecule has 1 N–H and O–H groups in total. The van der Waals surface area contributed by atoms with Crippen molar-refractivity contribution in [2.45, 2.75) is 6.42 Å². The molecule has 0 unspecified atom stereocenters. The molecule has 0 aliphatic rings. The van der Waals surface area contributed by atoms with Gasteiger partial charge < -0.3 is 14.4 Å². The Labute approximate surface area is 92.7 Å². The Kier molecular flexibility index (Phi) is 3.16. The predicted octanol–water partition coefficient (Wildman–Crippen LogP) is 1.28. The van der Waals surface area contributed by atoms with Crippen molar-refractivity contribution in [1.29, 1.82) is 0 Å². The Balaban J connectivity index is 2.21. The third-order valence-electron chi connectivity index (χ3n) is 2.14. The van der Waals surface area contributed by atoms with Gasteiger partial charge in [-0.3, -0.25) is 0 Å². The van der Waals surface area contributed by atoms with Gasteiger partial charge in [0.1, 0.15) is 5.75 Å². The maximum atomic E-state index is 8.72. The van der Waals surface area contributed by atoms with E-state index in [0.29, 0.717) is 18.1 Å². The maximum Gasteiger partial charge on any atom is 0.229 e. The maximum absolute atomic E-state index is 8.72. The number of hydrogen-bond donors (Lipinski definition) is 1. The van der Waals surface area contributed by atoms with Crippen molar-refractivity contribution in [2.24, 2.45) is 0 Å². The summed E-state index contributed by atoms with van der Waals surface area (Å²) < 4.78 is 10.0. The molecule has 0 bridgehead atoms. The lowest BCUT2D eigenvalue weighted by atomic mass is 10.2. The lowest BCUT2D eigenvalue weighted by Gasteiger charge is -1.98. The number of hydrogen-bond acceptors (Lipinski definition) is 5. The van der Waals surface area contributed by atoms with E-state index in [9.17, 15) is 0 Å². The lowest BCUT2D eigenvalue weighted by molar-refractivity contribution is 0.274. The van der Waals surface area contributed by atoms with E-state index in [1.54, 1.807) is 7.11 Å². The van der Waals surface area contributed by atoms with Crippen LogP contribution in [0.5, 0.6) is 5.75 Å². The summed E-state index contributed by atoms with van der Waals surface area (Å²) in [5, 5.41) is 12.5. The van der Waals surface area contributed by atoms with E-state index in [4.69, 9.17) is 14.4 Å². The fraction of sp³-hybridized carbons (Fsp3) is 0.273. The van der Waals surface area contributed by atoms with Gasteiger partial charge in [0, 0.05) is 5.56 Å². The minimum atomic E-state index is 0.00421. The van der Waals surface area contributed by atoms with E-state index in [2.05, 4.69) is 10.1 Å². The van der Waals surface area contributed by atoms with Crippen LogP contribution < -0.4 is 4.74 Å². The zero-order valence-electron chi connectivity index (χ0n) is 8.88. The van der Waals surface area contributed by atoms with Gasteiger partial charge in [-0.05, 0) is 24.3 Å². The van der Waals surface area contributed by atoms with Crippen molar-refractivity contribution in [3.8, 4) is 17.1 Å². The van der Waals surface area contributed by atoms with E-state index in [1.807, 2.05) is 24.3 Å². The van der Waals surface area contributed by atoms with Crippen molar-refractivity contribution in [2.75, 3.05) is 13.7 Å². The SMILES string of the molecule is COc1ccc(-c2noc(CCO)n2)cc1.